The van der Waals surface area contributed by atoms with Crippen molar-refractivity contribution >= 4 is 6.03 Å². The summed E-state index contributed by atoms with van der Waals surface area (Å²) in [5.41, 5.74) is 0. The maximum atomic E-state index is 12.4. The van der Waals surface area contributed by atoms with Crippen LogP contribution in [0.3, 0.4) is 0 Å². The van der Waals surface area contributed by atoms with Gasteiger partial charge in [0.1, 0.15) is 0 Å². The third-order valence-electron chi connectivity index (χ3n) is 5.17. The maximum Gasteiger partial charge on any atom is 0.317 e. The molecule has 22 heavy (non-hydrogen) atoms. The fourth-order valence-corrected chi connectivity index (χ4v) is 3.81. The van der Waals surface area contributed by atoms with E-state index in [0.29, 0.717) is 12.0 Å². The molecule has 0 bridgehead atoms. The van der Waals surface area contributed by atoms with Crippen LogP contribution in [0.1, 0.15) is 51.4 Å². The van der Waals surface area contributed by atoms with Gasteiger partial charge in [0, 0.05) is 32.8 Å². The quantitative estimate of drug-likeness (QED) is 0.792. The van der Waals surface area contributed by atoms with E-state index in [1.54, 1.807) is 0 Å². The maximum absolute atomic E-state index is 12.4. The lowest BCUT2D eigenvalue weighted by atomic mass is 9.83. The molecule has 5 heteroatoms. The first-order valence-electron chi connectivity index (χ1n) is 8.95. The molecule has 0 radical (unpaired) electrons. The van der Waals surface area contributed by atoms with Crippen LogP contribution in [-0.2, 0) is 4.74 Å². The van der Waals surface area contributed by atoms with E-state index >= 15 is 0 Å². The van der Waals surface area contributed by atoms with Crippen LogP contribution in [0.15, 0.2) is 0 Å². The van der Waals surface area contributed by atoms with Gasteiger partial charge >= 0.3 is 6.03 Å². The third kappa shape index (κ3) is 5.43. The van der Waals surface area contributed by atoms with Crippen LogP contribution in [0.4, 0.5) is 4.79 Å². The summed E-state index contributed by atoms with van der Waals surface area (Å²) < 4.78 is 5.45. The number of likely N-dealkylation sites (tertiary alicyclic amines) is 1. The lowest BCUT2D eigenvalue weighted by Crippen LogP contribution is -2.50. The second kappa shape index (κ2) is 9.36. The number of urea groups is 1. The molecule has 1 aliphatic heterocycles. The van der Waals surface area contributed by atoms with E-state index in [-0.39, 0.29) is 12.1 Å². The van der Waals surface area contributed by atoms with Gasteiger partial charge < -0.3 is 20.3 Å². The number of nitrogens with zero attached hydrogens (tertiary/aromatic N) is 1. The predicted molar refractivity (Wildman–Crippen MR) is 89.0 cm³/mol. The highest BCUT2D eigenvalue weighted by molar-refractivity contribution is 5.74. The largest absolute Gasteiger partial charge is 0.381 e. The molecule has 0 aromatic rings. The number of amides is 2. The Morgan fingerprint density at radius 3 is 2.45 bits per heavy atom. The first-order chi connectivity index (χ1) is 10.7. The summed E-state index contributed by atoms with van der Waals surface area (Å²) in [4.78, 5) is 14.4. The summed E-state index contributed by atoms with van der Waals surface area (Å²) in [5, 5.41) is 6.48. The van der Waals surface area contributed by atoms with E-state index in [9.17, 15) is 4.79 Å². The minimum Gasteiger partial charge on any atom is -0.381 e. The average Bonchev–Trinajstić information content (AvgIpc) is 2.56. The van der Waals surface area contributed by atoms with Crippen LogP contribution in [0.2, 0.25) is 0 Å². The van der Waals surface area contributed by atoms with Crippen LogP contribution in [-0.4, -0.2) is 56.9 Å². The molecule has 2 fully saturated rings. The van der Waals surface area contributed by atoms with Crippen LogP contribution in [0, 0.1) is 5.92 Å². The first kappa shape index (κ1) is 17.5. The molecule has 0 aromatic heterocycles. The number of carbonyl (C=O) groups excluding carboxylic acids is 1. The number of carbonyl (C=O) groups is 1. The van der Waals surface area contributed by atoms with Crippen molar-refractivity contribution in [3.05, 3.63) is 0 Å². The molecule has 2 N–H and O–H groups in total. The van der Waals surface area contributed by atoms with Crippen molar-refractivity contribution in [2.24, 2.45) is 5.92 Å². The topological polar surface area (TPSA) is 53.6 Å². The molecule has 2 rings (SSSR count). The van der Waals surface area contributed by atoms with Crippen LogP contribution >= 0.6 is 0 Å². The van der Waals surface area contributed by atoms with Gasteiger partial charge in [-0.25, -0.2) is 4.79 Å². The van der Waals surface area contributed by atoms with Gasteiger partial charge in [0.2, 0.25) is 0 Å². The molecule has 128 valence electrons. The summed E-state index contributed by atoms with van der Waals surface area (Å²) >= 11 is 0. The molecule has 1 aliphatic carbocycles. The SMILES string of the molecule is CNCC(CC1CCC(OC)CC1)NC(=O)N1CCCCC1. The van der Waals surface area contributed by atoms with Crippen LogP contribution < -0.4 is 10.6 Å². The van der Waals surface area contributed by atoms with Crippen molar-refractivity contribution in [1.82, 2.24) is 15.5 Å². The fourth-order valence-electron chi connectivity index (χ4n) is 3.81. The molecule has 1 unspecified atom stereocenters. The highest BCUT2D eigenvalue weighted by Crippen LogP contribution is 2.29. The zero-order valence-corrected chi connectivity index (χ0v) is 14.3. The third-order valence-corrected chi connectivity index (χ3v) is 5.17. The monoisotopic (exact) mass is 311 g/mol. The Balaban J connectivity index is 1.77. The van der Waals surface area contributed by atoms with E-state index in [4.69, 9.17) is 4.74 Å². The molecule has 2 aliphatic rings. The van der Waals surface area contributed by atoms with Gasteiger partial charge in [0.15, 0.2) is 0 Å². The predicted octanol–water partition coefficient (Wildman–Crippen LogP) is 2.37. The van der Waals surface area contributed by atoms with Gasteiger partial charge in [-0.3, -0.25) is 0 Å². The first-order valence-corrected chi connectivity index (χ1v) is 8.95. The Morgan fingerprint density at radius 1 is 1.18 bits per heavy atom. The molecule has 1 heterocycles. The highest BCUT2D eigenvalue weighted by Gasteiger charge is 2.25. The second-order valence-corrected chi connectivity index (χ2v) is 6.87. The highest BCUT2D eigenvalue weighted by atomic mass is 16.5. The average molecular weight is 311 g/mol. The number of likely N-dealkylation sites (N-methyl/N-ethyl adjacent to an activating group) is 1. The lowest BCUT2D eigenvalue weighted by Gasteiger charge is -2.33. The van der Waals surface area contributed by atoms with Crippen molar-refractivity contribution < 1.29 is 9.53 Å². The fraction of sp³-hybridized carbons (Fsp3) is 0.941. The lowest BCUT2D eigenvalue weighted by molar-refractivity contribution is 0.0539. The summed E-state index contributed by atoms with van der Waals surface area (Å²) in [5.74, 6) is 0.714. The Morgan fingerprint density at radius 2 is 1.86 bits per heavy atom. The van der Waals surface area contributed by atoms with Crippen molar-refractivity contribution in [1.29, 1.82) is 0 Å². The molecular formula is C17H33N3O2. The van der Waals surface area contributed by atoms with E-state index in [1.807, 2.05) is 19.1 Å². The Labute approximate surface area is 135 Å². The van der Waals surface area contributed by atoms with Crippen molar-refractivity contribution in [2.75, 3.05) is 33.8 Å². The number of piperidine rings is 1. The van der Waals surface area contributed by atoms with Gasteiger partial charge in [-0.1, -0.05) is 0 Å². The summed E-state index contributed by atoms with van der Waals surface area (Å²) in [6.07, 6.45) is 9.83. The van der Waals surface area contributed by atoms with Crippen LogP contribution in [0.5, 0.6) is 0 Å². The van der Waals surface area contributed by atoms with Gasteiger partial charge in [-0.15, -0.1) is 0 Å². The Hall–Kier alpha value is -0.810. The Kier molecular flexibility index (Phi) is 7.46. The molecule has 0 spiro atoms. The number of rotatable bonds is 6. The summed E-state index contributed by atoms with van der Waals surface area (Å²) in [6.45, 7) is 2.68. The number of methoxy groups -OCH3 is 1. The standard InChI is InChI=1S/C17H33N3O2/c1-18-13-15(12-14-6-8-16(22-2)9-7-14)19-17(21)20-10-4-3-5-11-20/h14-16,18H,3-13H2,1-2H3,(H,19,21). The Bertz CT molecular complexity index is 324. The molecule has 1 atom stereocenters. The van der Waals surface area contributed by atoms with Crippen molar-refractivity contribution in [3.63, 3.8) is 0 Å². The molecule has 1 saturated carbocycles. The number of hydrogen-bond donors (Lipinski definition) is 2. The van der Waals surface area contributed by atoms with Gasteiger partial charge in [0.25, 0.3) is 0 Å². The minimum atomic E-state index is 0.130. The van der Waals surface area contributed by atoms with Crippen molar-refractivity contribution in [2.45, 2.75) is 63.5 Å². The van der Waals surface area contributed by atoms with E-state index < -0.39 is 0 Å². The normalized spacial score (nSPS) is 27.5. The zero-order chi connectivity index (χ0) is 15.8. The molecule has 2 amide bonds. The van der Waals surface area contributed by atoms with Gasteiger partial charge in [-0.2, -0.15) is 0 Å². The molecular weight excluding hydrogens is 278 g/mol. The van der Waals surface area contributed by atoms with E-state index in [1.165, 1.54) is 19.3 Å². The summed E-state index contributed by atoms with van der Waals surface area (Å²) in [7, 11) is 3.77. The molecule has 1 saturated heterocycles. The van der Waals surface area contributed by atoms with Crippen LogP contribution in [0.25, 0.3) is 0 Å². The van der Waals surface area contributed by atoms with Crippen molar-refractivity contribution in [3.8, 4) is 0 Å². The smallest absolute Gasteiger partial charge is 0.317 e. The summed E-state index contributed by atoms with van der Waals surface area (Å²) in [6, 6.07) is 0.369. The molecule has 0 aromatic carbocycles. The number of nitrogens with one attached hydrogen (secondary N) is 2. The number of ether oxygens (including phenoxy) is 1. The van der Waals surface area contributed by atoms with E-state index in [2.05, 4.69) is 10.6 Å². The van der Waals surface area contributed by atoms with Gasteiger partial charge in [-0.05, 0) is 64.3 Å². The minimum absolute atomic E-state index is 0.130. The van der Waals surface area contributed by atoms with Gasteiger partial charge in [0.05, 0.1) is 6.10 Å². The zero-order valence-electron chi connectivity index (χ0n) is 14.3. The second-order valence-electron chi connectivity index (χ2n) is 6.87. The molecule has 5 nitrogen and oxygen atoms in total. The number of hydrogen-bond acceptors (Lipinski definition) is 3. The van der Waals surface area contributed by atoms with E-state index in [0.717, 1.165) is 51.7 Å².